The van der Waals surface area contributed by atoms with Gasteiger partial charge < -0.3 is 4.74 Å². The maximum atomic E-state index is 12.4. The summed E-state index contributed by atoms with van der Waals surface area (Å²) in [6, 6.07) is 9.26. The van der Waals surface area contributed by atoms with Crippen molar-refractivity contribution in [2.45, 2.75) is 103 Å². The molecule has 1 aromatic carbocycles. The fourth-order valence-corrected chi connectivity index (χ4v) is 4.28. The number of ether oxygens (including phenoxy) is 1. The number of hydrogen-bond donors (Lipinski definition) is 0. The lowest BCUT2D eigenvalue weighted by Gasteiger charge is -2.51. The summed E-state index contributed by atoms with van der Waals surface area (Å²) in [5.41, 5.74) is 0.740. The third-order valence-electron chi connectivity index (χ3n) is 5.73. The minimum atomic E-state index is -0.221. The van der Waals surface area contributed by atoms with E-state index in [4.69, 9.17) is 9.57 Å². The SMILES string of the molecule is CCCCC(CCCON1C(C)(C)CCCC1(C)C)OC(=O)c1ccccc1. The summed E-state index contributed by atoms with van der Waals surface area (Å²) >= 11 is 0. The standard InChI is InChI=1S/C24H39NO3/c1-6-7-15-21(28-22(26)20-13-9-8-10-14-20)16-11-19-27-25-23(2,3)17-12-18-24(25,4)5/h8-10,13-14,21H,6-7,11-12,15-19H2,1-5H3. The molecule has 0 radical (unpaired) electrons. The maximum Gasteiger partial charge on any atom is 0.338 e. The number of carbonyl (C=O) groups is 1. The zero-order chi connectivity index (χ0) is 20.6. The van der Waals surface area contributed by atoms with E-state index < -0.39 is 0 Å². The van der Waals surface area contributed by atoms with Gasteiger partial charge in [-0.2, -0.15) is 5.06 Å². The van der Waals surface area contributed by atoms with Crippen LogP contribution in [-0.4, -0.2) is 34.8 Å². The molecular weight excluding hydrogens is 350 g/mol. The first-order valence-electron chi connectivity index (χ1n) is 11.0. The van der Waals surface area contributed by atoms with Crippen LogP contribution in [0.1, 0.15) is 96.3 Å². The van der Waals surface area contributed by atoms with Gasteiger partial charge in [-0.3, -0.25) is 4.84 Å². The van der Waals surface area contributed by atoms with Gasteiger partial charge in [0.05, 0.1) is 12.2 Å². The lowest BCUT2D eigenvalue weighted by molar-refractivity contribution is -0.281. The Labute approximate surface area is 171 Å². The lowest BCUT2D eigenvalue weighted by atomic mass is 9.82. The molecule has 0 amide bonds. The number of hydrogen-bond acceptors (Lipinski definition) is 4. The number of rotatable bonds is 10. The second-order valence-corrected chi connectivity index (χ2v) is 9.28. The summed E-state index contributed by atoms with van der Waals surface area (Å²) in [7, 11) is 0. The summed E-state index contributed by atoms with van der Waals surface area (Å²) in [5.74, 6) is -0.221. The Bertz CT molecular complexity index is 581. The van der Waals surface area contributed by atoms with Crippen LogP contribution in [0.5, 0.6) is 0 Å². The molecule has 2 rings (SSSR count). The normalized spacial score (nSPS) is 19.9. The third kappa shape index (κ3) is 6.59. The summed E-state index contributed by atoms with van der Waals surface area (Å²) < 4.78 is 5.80. The largest absolute Gasteiger partial charge is 0.459 e. The lowest BCUT2D eigenvalue weighted by Crippen LogP contribution is -2.58. The Morgan fingerprint density at radius 3 is 2.25 bits per heavy atom. The monoisotopic (exact) mass is 389 g/mol. The van der Waals surface area contributed by atoms with Crippen LogP contribution in [0.3, 0.4) is 0 Å². The highest BCUT2D eigenvalue weighted by Gasteiger charge is 2.42. The average Bonchev–Trinajstić information content (AvgIpc) is 2.64. The minimum Gasteiger partial charge on any atom is -0.459 e. The fourth-order valence-electron chi connectivity index (χ4n) is 4.28. The van der Waals surface area contributed by atoms with Gasteiger partial charge in [0, 0.05) is 11.1 Å². The third-order valence-corrected chi connectivity index (χ3v) is 5.73. The van der Waals surface area contributed by atoms with Gasteiger partial charge in [-0.1, -0.05) is 38.0 Å². The molecule has 0 aliphatic carbocycles. The van der Waals surface area contributed by atoms with Gasteiger partial charge in [0.2, 0.25) is 0 Å². The molecule has 0 spiro atoms. The van der Waals surface area contributed by atoms with Gasteiger partial charge in [-0.25, -0.2) is 4.79 Å². The van der Waals surface area contributed by atoms with E-state index in [0.717, 1.165) is 44.9 Å². The van der Waals surface area contributed by atoms with Crippen molar-refractivity contribution >= 4 is 5.97 Å². The van der Waals surface area contributed by atoms with Gasteiger partial charge >= 0.3 is 5.97 Å². The zero-order valence-electron chi connectivity index (χ0n) is 18.5. The van der Waals surface area contributed by atoms with Crippen molar-refractivity contribution < 1.29 is 14.4 Å². The maximum absolute atomic E-state index is 12.4. The fraction of sp³-hybridized carbons (Fsp3) is 0.708. The predicted molar refractivity (Wildman–Crippen MR) is 114 cm³/mol. The van der Waals surface area contributed by atoms with E-state index in [-0.39, 0.29) is 23.2 Å². The molecule has 1 aliphatic heterocycles. The molecule has 158 valence electrons. The molecule has 1 fully saturated rings. The number of esters is 1. The van der Waals surface area contributed by atoms with Gasteiger partial charge in [-0.05, 0) is 78.4 Å². The van der Waals surface area contributed by atoms with Gasteiger partial charge in [0.1, 0.15) is 6.10 Å². The summed E-state index contributed by atoms with van der Waals surface area (Å²) in [4.78, 5) is 18.7. The van der Waals surface area contributed by atoms with E-state index in [2.05, 4.69) is 39.7 Å². The van der Waals surface area contributed by atoms with Crippen molar-refractivity contribution in [3.63, 3.8) is 0 Å². The summed E-state index contributed by atoms with van der Waals surface area (Å²) in [6.45, 7) is 11.9. The average molecular weight is 390 g/mol. The first-order chi connectivity index (χ1) is 13.3. The van der Waals surface area contributed by atoms with Crippen LogP contribution in [0.4, 0.5) is 0 Å². The Morgan fingerprint density at radius 1 is 1.04 bits per heavy atom. The van der Waals surface area contributed by atoms with Gasteiger partial charge in [-0.15, -0.1) is 0 Å². The zero-order valence-corrected chi connectivity index (χ0v) is 18.5. The van der Waals surface area contributed by atoms with E-state index in [1.165, 1.54) is 6.42 Å². The van der Waals surface area contributed by atoms with Crippen LogP contribution < -0.4 is 0 Å². The molecule has 1 heterocycles. The highest BCUT2D eigenvalue weighted by atomic mass is 16.7. The van der Waals surface area contributed by atoms with Crippen molar-refractivity contribution in [3.8, 4) is 0 Å². The smallest absolute Gasteiger partial charge is 0.338 e. The Hall–Kier alpha value is -1.39. The summed E-state index contributed by atoms with van der Waals surface area (Å²) in [6.07, 6.45) is 8.33. The molecule has 1 aromatic rings. The highest BCUT2D eigenvalue weighted by Crippen LogP contribution is 2.38. The molecule has 1 aliphatic rings. The second-order valence-electron chi connectivity index (χ2n) is 9.28. The molecule has 0 saturated carbocycles. The van der Waals surface area contributed by atoms with Gasteiger partial charge in [0.15, 0.2) is 0 Å². The number of unbranched alkanes of at least 4 members (excludes halogenated alkanes) is 1. The second kappa shape index (κ2) is 10.4. The minimum absolute atomic E-state index is 0.0429. The molecule has 4 nitrogen and oxygen atoms in total. The van der Waals surface area contributed by atoms with Gasteiger partial charge in [0.25, 0.3) is 0 Å². The van der Waals surface area contributed by atoms with Crippen LogP contribution in [-0.2, 0) is 9.57 Å². The molecular formula is C24H39NO3. The van der Waals surface area contributed by atoms with Crippen LogP contribution >= 0.6 is 0 Å². The molecule has 28 heavy (non-hydrogen) atoms. The number of hydroxylamine groups is 2. The Kier molecular flexibility index (Phi) is 8.51. The van der Waals surface area contributed by atoms with Crippen LogP contribution in [0.25, 0.3) is 0 Å². The van der Waals surface area contributed by atoms with Crippen molar-refractivity contribution in [3.05, 3.63) is 35.9 Å². The van der Waals surface area contributed by atoms with Crippen molar-refractivity contribution in [2.75, 3.05) is 6.61 Å². The predicted octanol–water partition coefficient (Wildman–Crippen LogP) is 6.16. The molecule has 1 unspecified atom stereocenters. The number of piperidine rings is 1. The van der Waals surface area contributed by atoms with E-state index >= 15 is 0 Å². The van der Waals surface area contributed by atoms with Crippen molar-refractivity contribution in [2.24, 2.45) is 0 Å². The Balaban J connectivity index is 1.85. The first kappa shape index (κ1) is 22.9. The molecule has 1 saturated heterocycles. The molecule has 0 aromatic heterocycles. The molecule has 0 bridgehead atoms. The topological polar surface area (TPSA) is 38.8 Å². The number of nitrogens with zero attached hydrogens (tertiary/aromatic N) is 1. The number of benzene rings is 1. The quantitative estimate of drug-likeness (QED) is 0.355. The highest BCUT2D eigenvalue weighted by molar-refractivity contribution is 5.89. The number of carbonyl (C=O) groups excluding carboxylic acids is 1. The van der Waals surface area contributed by atoms with Crippen molar-refractivity contribution in [1.82, 2.24) is 5.06 Å². The van der Waals surface area contributed by atoms with Crippen LogP contribution in [0, 0.1) is 0 Å². The van der Waals surface area contributed by atoms with E-state index in [0.29, 0.717) is 12.2 Å². The molecule has 4 heteroatoms. The molecule has 1 atom stereocenters. The van der Waals surface area contributed by atoms with E-state index in [9.17, 15) is 4.79 Å². The van der Waals surface area contributed by atoms with E-state index in [1.54, 1.807) is 0 Å². The summed E-state index contributed by atoms with van der Waals surface area (Å²) in [5, 5.41) is 2.21. The van der Waals surface area contributed by atoms with Crippen LogP contribution in [0.2, 0.25) is 0 Å². The van der Waals surface area contributed by atoms with E-state index in [1.807, 2.05) is 30.3 Å². The van der Waals surface area contributed by atoms with Crippen molar-refractivity contribution in [1.29, 1.82) is 0 Å². The first-order valence-corrected chi connectivity index (χ1v) is 11.0. The van der Waals surface area contributed by atoms with Crippen LogP contribution in [0.15, 0.2) is 30.3 Å². The molecule has 0 N–H and O–H groups in total. The Morgan fingerprint density at radius 2 is 1.64 bits per heavy atom.